The third-order valence-electron chi connectivity index (χ3n) is 3.11. The van der Waals surface area contributed by atoms with E-state index in [2.05, 4.69) is 17.5 Å². The number of nitrogens with one attached hydrogen (secondary N) is 1. The zero-order valence-electron chi connectivity index (χ0n) is 8.69. The second-order valence-electron chi connectivity index (χ2n) is 4.18. The van der Waals surface area contributed by atoms with Gasteiger partial charge in [-0.05, 0) is 37.4 Å². The number of rotatable bonds is 2. The van der Waals surface area contributed by atoms with Crippen LogP contribution < -0.4 is 5.32 Å². The molecular formula is C11H17NO2S. The summed E-state index contributed by atoms with van der Waals surface area (Å²) < 4.78 is 0. The summed E-state index contributed by atoms with van der Waals surface area (Å²) in [5.74, 6) is 0.878. The lowest BCUT2D eigenvalue weighted by Crippen LogP contribution is -2.48. The van der Waals surface area contributed by atoms with Crippen molar-refractivity contribution >= 4 is 17.7 Å². The minimum atomic E-state index is -0.702. The molecule has 2 aliphatic rings. The van der Waals surface area contributed by atoms with Gasteiger partial charge in [0.15, 0.2) is 0 Å². The highest BCUT2D eigenvalue weighted by molar-refractivity contribution is 7.99. The molecule has 0 radical (unpaired) electrons. The highest BCUT2D eigenvalue weighted by atomic mass is 32.2. The highest BCUT2D eigenvalue weighted by Crippen LogP contribution is 2.31. The Morgan fingerprint density at radius 2 is 2.27 bits per heavy atom. The molecule has 2 rings (SSSR count). The summed E-state index contributed by atoms with van der Waals surface area (Å²) in [5.41, 5.74) is 0. The number of carboxylic acid groups (broad SMARTS) is 1. The van der Waals surface area contributed by atoms with E-state index < -0.39 is 5.97 Å². The van der Waals surface area contributed by atoms with Gasteiger partial charge in [0, 0.05) is 0 Å². The average molecular weight is 227 g/mol. The zero-order valence-corrected chi connectivity index (χ0v) is 9.50. The van der Waals surface area contributed by atoms with Gasteiger partial charge in [-0.3, -0.25) is 10.1 Å². The molecule has 4 heteroatoms. The average Bonchev–Trinajstić information content (AvgIpc) is 2.30. The van der Waals surface area contributed by atoms with Crippen LogP contribution in [0.3, 0.4) is 0 Å². The van der Waals surface area contributed by atoms with E-state index in [0.29, 0.717) is 11.3 Å². The Kier molecular flexibility index (Phi) is 3.70. The first-order valence-corrected chi connectivity index (χ1v) is 6.57. The van der Waals surface area contributed by atoms with Crippen LogP contribution in [0.2, 0.25) is 0 Å². The maximum absolute atomic E-state index is 10.9. The van der Waals surface area contributed by atoms with Gasteiger partial charge in [0.1, 0.15) is 6.04 Å². The van der Waals surface area contributed by atoms with Crippen LogP contribution in [-0.2, 0) is 4.79 Å². The van der Waals surface area contributed by atoms with E-state index in [1.54, 1.807) is 0 Å². The lowest BCUT2D eigenvalue weighted by atomic mass is 9.93. The van der Waals surface area contributed by atoms with E-state index in [1.807, 2.05) is 11.8 Å². The van der Waals surface area contributed by atoms with Gasteiger partial charge in [-0.1, -0.05) is 12.2 Å². The number of carbonyl (C=O) groups is 1. The van der Waals surface area contributed by atoms with Crippen molar-refractivity contribution in [2.45, 2.75) is 37.1 Å². The van der Waals surface area contributed by atoms with Gasteiger partial charge in [-0.25, -0.2) is 0 Å². The topological polar surface area (TPSA) is 49.3 Å². The van der Waals surface area contributed by atoms with Crippen molar-refractivity contribution in [1.29, 1.82) is 0 Å². The van der Waals surface area contributed by atoms with Gasteiger partial charge < -0.3 is 5.11 Å². The Bertz CT molecular complexity index is 267. The predicted octanol–water partition coefficient (Wildman–Crippen LogP) is 1.85. The van der Waals surface area contributed by atoms with Crippen LogP contribution in [0.4, 0.5) is 0 Å². The van der Waals surface area contributed by atoms with Crippen molar-refractivity contribution in [2.24, 2.45) is 5.92 Å². The number of aliphatic carboxylic acids is 1. The number of carboxylic acids is 1. The second-order valence-corrected chi connectivity index (χ2v) is 5.43. The first-order valence-electron chi connectivity index (χ1n) is 5.53. The Labute approximate surface area is 94.3 Å². The summed E-state index contributed by atoms with van der Waals surface area (Å²) in [6.45, 7) is 0. The van der Waals surface area contributed by atoms with Crippen LogP contribution in [0.15, 0.2) is 12.2 Å². The number of allylic oxidation sites excluding steroid dienone is 2. The van der Waals surface area contributed by atoms with E-state index in [0.717, 1.165) is 25.0 Å². The summed E-state index contributed by atoms with van der Waals surface area (Å²) in [7, 11) is 0. The standard InChI is InChI=1S/C11H17NO2S/c13-11(14)9-6-7-15-10(12-9)8-4-2-1-3-5-8/h1-2,8-10,12H,3-7H2,(H,13,14). The maximum Gasteiger partial charge on any atom is 0.320 e. The third kappa shape index (κ3) is 2.75. The molecule has 1 aliphatic carbocycles. The SMILES string of the molecule is O=C(O)C1CCSC(C2CC=CCC2)N1. The molecule has 0 aromatic rings. The van der Waals surface area contributed by atoms with Gasteiger partial charge in [-0.2, -0.15) is 0 Å². The number of hydrogen-bond donors (Lipinski definition) is 2. The molecule has 2 N–H and O–H groups in total. The van der Waals surface area contributed by atoms with Crippen molar-refractivity contribution < 1.29 is 9.90 Å². The molecular weight excluding hydrogens is 210 g/mol. The van der Waals surface area contributed by atoms with Gasteiger partial charge in [0.05, 0.1) is 5.37 Å². The smallest absolute Gasteiger partial charge is 0.320 e. The molecule has 1 saturated heterocycles. The van der Waals surface area contributed by atoms with E-state index >= 15 is 0 Å². The van der Waals surface area contributed by atoms with Crippen LogP contribution >= 0.6 is 11.8 Å². The molecule has 3 atom stereocenters. The van der Waals surface area contributed by atoms with Crippen LogP contribution in [-0.4, -0.2) is 28.2 Å². The van der Waals surface area contributed by atoms with Gasteiger partial charge in [0.2, 0.25) is 0 Å². The van der Waals surface area contributed by atoms with E-state index in [9.17, 15) is 4.79 Å². The minimum absolute atomic E-state index is 0.331. The van der Waals surface area contributed by atoms with Crippen molar-refractivity contribution in [1.82, 2.24) is 5.32 Å². The summed E-state index contributed by atoms with van der Waals surface area (Å²) in [6, 6.07) is -0.331. The fourth-order valence-electron chi connectivity index (χ4n) is 2.20. The molecule has 1 aliphatic heterocycles. The lowest BCUT2D eigenvalue weighted by molar-refractivity contribution is -0.139. The monoisotopic (exact) mass is 227 g/mol. The molecule has 0 saturated carbocycles. The maximum atomic E-state index is 10.9. The molecule has 0 bridgehead atoms. The fourth-order valence-corrected chi connectivity index (χ4v) is 3.61. The molecule has 3 unspecified atom stereocenters. The van der Waals surface area contributed by atoms with Gasteiger partial charge in [-0.15, -0.1) is 11.8 Å². The Morgan fingerprint density at radius 1 is 1.40 bits per heavy atom. The fraction of sp³-hybridized carbons (Fsp3) is 0.727. The normalized spacial score (nSPS) is 36.4. The van der Waals surface area contributed by atoms with Crippen LogP contribution in [0.1, 0.15) is 25.7 Å². The highest BCUT2D eigenvalue weighted by Gasteiger charge is 2.31. The molecule has 0 spiro atoms. The summed E-state index contributed by atoms with van der Waals surface area (Å²) in [5, 5.41) is 12.6. The first kappa shape index (κ1) is 11.0. The van der Waals surface area contributed by atoms with Crippen LogP contribution in [0.25, 0.3) is 0 Å². The molecule has 0 aromatic heterocycles. The van der Waals surface area contributed by atoms with Crippen molar-refractivity contribution in [3.05, 3.63) is 12.2 Å². The van der Waals surface area contributed by atoms with E-state index in [4.69, 9.17) is 5.11 Å². The summed E-state index contributed by atoms with van der Waals surface area (Å²) in [6.07, 6.45) is 8.62. The van der Waals surface area contributed by atoms with E-state index in [1.165, 1.54) is 6.42 Å². The second kappa shape index (κ2) is 5.03. The molecule has 3 nitrogen and oxygen atoms in total. The van der Waals surface area contributed by atoms with Gasteiger partial charge >= 0.3 is 5.97 Å². The van der Waals surface area contributed by atoms with Crippen molar-refractivity contribution in [3.63, 3.8) is 0 Å². The summed E-state index contributed by atoms with van der Waals surface area (Å²) >= 11 is 1.88. The van der Waals surface area contributed by atoms with Crippen molar-refractivity contribution in [2.75, 3.05) is 5.75 Å². The third-order valence-corrected chi connectivity index (χ3v) is 4.46. The van der Waals surface area contributed by atoms with Crippen molar-refractivity contribution in [3.8, 4) is 0 Å². The van der Waals surface area contributed by atoms with E-state index in [-0.39, 0.29) is 6.04 Å². The van der Waals surface area contributed by atoms with Crippen LogP contribution in [0, 0.1) is 5.92 Å². The number of hydrogen-bond acceptors (Lipinski definition) is 3. The molecule has 1 heterocycles. The predicted molar refractivity (Wildman–Crippen MR) is 61.9 cm³/mol. The quantitative estimate of drug-likeness (QED) is 0.707. The molecule has 84 valence electrons. The van der Waals surface area contributed by atoms with Crippen LogP contribution in [0.5, 0.6) is 0 Å². The summed E-state index contributed by atoms with van der Waals surface area (Å²) in [4.78, 5) is 10.9. The number of thioether (sulfide) groups is 1. The molecule has 0 amide bonds. The molecule has 1 fully saturated rings. The Morgan fingerprint density at radius 3 is 2.93 bits per heavy atom. The Balaban J connectivity index is 1.91. The molecule has 15 heavy (non-hydrogen) atoms. The minimum Gasteiger partial charge on any atom is -0.480 e. The lowest BCUT2D eigenvalue weighted by Gasteiger charge is -2.34. The largest absolute Gasteiger partial charge is 0.480 e. The first-order chi connectivity index (χ1) is 7.27. The zero-order chi connectivity index (χ0) is 10.7. The van der Waals surface area contributed by atoms with Gasteiger partial charge in [0.25, 0.3) is 0 Å². The Hall–Kier alpha value is -0.480. The molecule has 0 aromatic carbocycles.